The van der Waals surface area contributed by atoms with Crippen LogP contribution in [0.4, 0.5) is 4.79 Å². The lowest BCUT2D eigenvalue weighted by molar-refractivity contribution is 0.00647. The highest BCUT2D eigenvalue weighted by molar-refractivity contribution is 5.69. The van der Waals surface area contributed by atoms with Crippen molar-refractivity contribution in [3.05, 3.63) is 0 Å². The van der Waals surface area contributed by atoms with E-state index in [-0.39, 0.29) is 11.6 Å². The maximum Gasteiger partial charge on any atom is 0.410 e. The number of carbonyl (C=O) groups is 1. The van der Waals surface area contributed by atoms with Crippen molar-refractivity contribution in [1.82, 2.24) is 10.2 Å². The summed E-state index contributed by atoms with van der Waals surface area (Å²) in [6, 6.07) is 0.487. The molecule has 4 heteroatoms. The summed E-state index contributed by atoms with van der Waals surface area (Å²) in [6.07, 6.45) is 2.08. The first-order valence-electron chi connectivity index (χ1n) is 7.71. The van der Waals surface area contributed by atoms with Crippen LogP contribution >= 0.6 is 0 Å². The first kappa shape index (κ1) is 19.2. The molecule has 0 fully saturated rings. The monoisotopic (exact) mass is 286 g/mol. The fourth-order valence-corrected chi connectivity index (χ4v) is 1.98. The number of nitrogens with one attached hydrogen (secondary N) is 1. The Morgan fingerprint density at radius 3 is 2.15 bits per heavy atom. The van der Waals surface area contributed by atoms with E-state index in [1.165, 1.54) is 6.42 Å². The Hall–Kier alpha value is -0.770. The minimum absolute atomic E-state index is 0.238. The predicted molar refractivity (Wildman–Crippen MR) is 85.1 cm³/mol. The van der Waals surface area contributed by atoms with Crippen molar-refractivity contribution in [2.75, 3.05) is 13.1 Å². The molecule has 0 aliphatic carbocycles. The summed E-state index contributed by atoms with van der Waals surface area (Å²) in [7, 11) is 0. The third-order valence-corrected chi connectivity index (χ3v) is 2.97. The SMILES string of the molecule is CCCC(C)NCCN(C(=O)OC(C)(C)C)C(C)(C)C. The van der Waals surface area contributed by atoms with Gasteiger partial charge >= 0.3 is 6.09 Å². The van der Waals surface area contributed by atoms with Gasteiger partial charge < -0.3 is 15.0 Å². The van der Waals surface area contributed by atoms with Crippen LogP contribution in [0.3, 0.4) is 0 Å². The molecule has 0 heterocycles. The van der Waals surface area contributed by atoms with Gasteiger partial charge in [0.2, 0.25) is 0 Å². The third kappa shape index (κ3) is 8.41. The quantitative estimate of drug-likeness (QED) is 0.807. The molecule has 0 spiro atoms. The number of hydrogen-bond acceptors (Lipinski definition) is 3. The summed E-state index contributed by atoms with van der Waals surface area (Å²) >= 11 is 0. The van der Waals surface area contributed by atoms with E-state index < -0.39 is 5.60 Å². The molecule has 0 aliphatic heterocycles. The summed E-state index contributed by atoms with van der Waals surface area (Å²) < 4.78 is 5.49. The van der Waals surface area contributed by atoms with Crippen molar-refractivity contribution in [2.24, 2.45) is 0 Å². The van der Waals surface area contributed by atoms with Crippen molar-refractivity contribution >= 4 is 6.09 Å². The van der Waals surface area contributed by atoms with Crippen LogP contribution in [0, 0.1) is 0 Å². The summed E-state index contributed by atoms with van der Waals surface area (Å²) in [6.45, 7) is 17.6. The van der Waals surface area contributed by atoms with Gasteiger partial charge in [0.15, 0.2) is 0 Å². The van der Waals surface area contributed by atoms with Gasteiger partial charge in [-0.1, -0.05) is 13.3 Å². The van der Waals surface area contributed by atoms with Crippen LogP contribution in [0.1, 0.15) is 68.2 Å². The molecule has 1 amide bonds. The molecule has 0 aromatic heterocycles. The van der Waals surface area contributed by atoms with E-state index in [0.29, 0.717) is 12.6 Å². The standard InChI is InChI=1S/C16H34N2O2/c1-9-10-13(2)17-11-12-18(15(3,4)5)14(19)20-16(6,7)8/h13,17H,9-12H2,1-8H3. The van der Waals surface area contributed by atoms with E-state index in [2.05, 4.69) is 19.2 Å². The fourth-order valence-electron chi connectivity index (χ4n) is 1.98. The average molecular weight is 286 g/mol. The molecule has 1 N–H and O–H groups in total. The highest BCUT2D eigenvalue weighted by Crippen LogP contribution is 2.17. The normalized spacial score (nSPS) is 14.0. The number of hydrogen-bond donors (Lipinski definition) is 1. The van der Waals surface area contributed by atoms with Gasteiger partial charge in [0, 0.05) is 24.7 Å². The van der Waals surface area contributed by atoms with Gasteiger partial charge in [0.1, 0.15) is 5.60 Å². The zero-order valence-electron chi connectivity index (χ0n) is 14.7. The Labute approximate surface area is 125 Å². The van der Waals surface area contributed by atoms with Crippen LogP contribution in [0.15, 0.2) is 0 Å². The predicted octanol–water partition coefficient (Wildman–Crippen LogP) is 3.80. The minimum Gasteiger partial charge on any atom is -0.444 e. The number of rotatable bonds is 6. The summed E-state index contributed by atoms with van der Waals surface area (Å²) in [4.78, 5) is 14.1. The van der Waals surface area contributed by atoms with E-state index in [1.54, 1.807) is 4.90 Å². The highest BCUT2D eigenvalue weighted by Gasteiger charge is 2.30. The Morgan fingerprint density at radius 2 is 1.75 bits per heavy atom. The molecule has 0 bridgehead atoms. The molecule has 0 radical (unpaired) electrons. The van der Waals surface area contributed by atoms with E-state index in [1.807, 2.05) is 41.5 Å². The molecule has 120 valence electrons. The molecule has 0 aromatic carbocycles. The molecule has 0 aliphatic rings. The van der Waals surface area contributed by atoms with Crippen molar-refractivity contribution in [3.63, 3.8) is 0 Å². The van der Waals surface area contributed by atoms with Gasteiger partial charge in [-0.25, -0.2) is 4.79 Å². The fraction of sp³-hybridized carbons (Fsp3) is 0.938. The molecule has 4 nitrogen and oxygen atoms in total. The van der Waals surface area contributed by atoms with Crippen LogP contribution in [0.2, 0.25) is 0 Å². The zero-order valence-corrected chi connectivity index (χ0v) is 14.7. The minimum atomic E-state index is -0.455. The first-order valence-corrected chi connectivity index (χ1v) is 7.71. The highest BCUT2D eigenvalue weighted by atomic mass is 16.6. The number of ether oxygens (including phenoxy) is 1. The summed E-state index contributed by atoms with van der Waals surface area (Å²) in [5.41, 5.74) is -0.693. The molecule has 0 saturated carbocycles. The molecule has 1 unspecified atom stereocenters. The summed E-state index contributed by atoms with van der Waals surface area (Å²) in [5, 5.41) is 3.45. The Balaban J connectivity index is 4.49. The van der Waals surface area contributed by atoms with Crippen LogP contribution in [0.5, 0.6) is 0 Å². The molecule has 20 heavy (non-hydrogen) atoms. The second kappa shape index (κ2) is 7.87. The largest absolute Gasteiger partial charge is 0.444 e. The van der Waals surface area contributed by atoms with Crippen molar-refractivity contribution in [1.29, 1.82) is 0 Å². The molecule has 1 atom stereocenters. The second-order valence-corrected chi connectivity index (χ2v) is 7.45. The maximum absolute atomic E-state index is 12.3. The summed E-state index contributed by atoms with van der Waals surface area (Å²) in [5.74, 6) is 0. The number of amides is 1. The lowest BCUT2D eigenvalue weighted by atomic mass is 10.1. The van der Waals surface area contributed by atoms with E-state index >= 15 is 0 Å². The Morgan fingerprint density at radius 1 is 1.20 bits per heavy atom. The molecular weight excluding hydrogens is 252 g/mol. The zero-order chi connectivity index (χ0) is 16.0. The van der Waals surface area contributed by atoms with Gasteiger partial charge in [0.05, 0.1) is 0 Å². The van der Waals surface area contributed by atoms with Gasteiger partial charge in [-0.2, -0.15) is 0 Å². The number of nitrogens with zero attached hydrogens (tertiary/aromatic N) is 1. The second-order valence-electron chi connectivity index (χ2n) is 7.45. The van der Waals surface area contributed by atoms with Gasteiger partial charge in [-0.3, -0.25) is 0 Å². The van der Waals surface area contributed by atoms with E-state index in [0.717, 1.165) is 13.0 Å². The van der Waals surface area contributed by atoms with Crippen molar-refractivity contribution in [3.8, 4) is 0 Å². The van der Waals surface area contributed by atoms with Crippen LogP contribution in [-0.2, 0) is 4.74 Å². The van der Waals surface area contributed by atoms with Crippen LogP contribution in [-0.4, -0.2) is 41.3 Å². The maximum atomic E-state index is 12.3. The van der Waals surface area contributed by atoms with Crippen LogP contribution < -0.4 is 5.32 Å². The van der Waals surface area contributed by atoms with Crippen molar-refractivity contribution < 1.29 is 9.53 Å². The average Bonchev–Trinajstić information content (AvgIpc) is 2.20. The lowest BCUT2D eigenvalue weighted by Crippen LogP contribution is -2.50. The topological polar surface area (TPSA) is 41.6 Å². The van der Waals surface area contributed by atoms with E-state index in [9.17, 15) is 4.79 Å². The van der Waals surface area contributed by atoms with E-state index in [4.69, 9.17) is 4.74 Å². The van der Waals surface area contributed by atoms with Crippen LogP contribution in [0.25, 0.3) is 0 Å². The lowest BCUT2D eigenvalue weighted by Gasteiger charge is -2.37. The molecule has 0 saturated heterocycles. The molecule has 0 aromatic rings. The molecular formula is C16H34N2O2. The Kier molecular flexibility index (Phi) is 7.56. The van der Waals surface area contributed by atoms with Gasteiger partial charge in [-0.05, 0) is 54.9 Å². The molecule has 0 rings (SSSR count). The smallest absolute Gasteiger partial charge is 0.410 e. The van der Waals surface area contributed by atoms with Crippen molar-refractivity contribution in [2.45, 2.75) is 85.4 Å². The third-order valence-electron chi connectivity index (χ3n) is 2.97. The van der Waals surface area contributed by atoms with Gasteiger partial charge in [0.25, 0.3) is 0 Å². The Bertz CT molecular complexity index is 290. The first-order chi connectivity index (χ1) is 8.97. The number of carbonyl (C=O) groups excluding carboxylic acids is 1. The van der Waals surface area contributed by atoms with Gasteiger partial charge in [-0.15, -0.1) is 0 Å².